The molecule has 0 saturated carbocycles. The van der Waals surface area contributed by atoms with E-state index in [-0.39, 0.29) is 11.7 Å². The van der Waals surface area contributed by atoms with E-state index in [9.17, 15) is 18.0 Å². The number of halogens is 3. The summed E-state index contributed by atoms with van der Waals surface area (Å²) >= 11 is 0. The van der Waals surface area contributed by atoms with E-state index >= 15 is 0 Å². The van der Waals surface area contributed by atoms with Crippen molar-refractivity contribution in [2.45, 2.75) is 45.8 Å². The summed E-state index contributed by atoms with van der Waals surface area (Å²) in [5.41, 5.74) is 1.68. The second kappa shape index (κ2) is 8.47. The van der Waals surface area contributed by atoms with Crippen LogP contribution in [-0.2, 0) is 19.1 Å². The van der Waals surface area contributed by atoms with E-state index in [0.717, 1.165) is 49.3 Å². The third kappa shape index (κ3) is 5.22. The smallest absolute Gasteiger partial charge is 0.297 e. The van der Waals surface area contributed by atoms with Crippen LogP contribution in [0.3, 0.4) is 0 Å². The number of ketones is 1. The predicted octanol–water partition coefficient (Wildman–Crippen LogP) is 4.72. The highest BCUT2D eigenvalue weighted by Gasteiger charge is 2.31. The van der Waals surface area contributed by atoms with Gasteiger partial charge in [-0.1, -0.05) is 26.0 Å². The van der Waals surface area contributed by atoms with E-state index in [1.165, 1.54) is 12.1 Å². The Morgan fingerprint density at radius 1 is 1.29 bits per heavy atom. The topological polar surface area (TPSA) is 49.0 Å². The lowest BCUT2D eigenvalue weighted by Crippen LogP contribution is -2.38. The molecule has 0 aliphatic carbocycles. The number of benzene rings is 1. The Bertz CT molecular complexity index is 796. The lowest BCUT2D eigenvalue weighted by molar-refractivity contribution is -0.137. The number of hydrogen-bond acceptors (Lipinski definition) is 3. The highest BCUT2D eigenvalue weighted by atomic mass is 19.4. The summed E-state index contributed by atoms with van der Waals surface area (Å²) in [6.45, 7) is 6.50. The normalized spacial score (nSPS) is 18.6. The minimum absolute atomic E-state index is 0.0801. The van der Waals surface area contributed by atoms with Crippen LogP contribution in [0, 0.1) is 11.8 Å². The second-order valence-electron chi connectivity index (χ2n) is 8.00. The quantitative estimate of drug-likeness (QED) is 0.723. The van der Waals surface area contributed by atoms with Gasteiger partial charge in [-0.3, -0.25) is 14.8 Å². The summed E-state index contributed by atoms with van der Waals surface area (Å²) in [7, 11) is 0. The molecule has 1 aromatic heterocycles. The number of H-pyrrole nitrogens is 1. The van der Waals surface area contributed by atoms with Crippen LogP contribution in [0.2, 0.25) is 0 Å². The fourth-order valence-electron chi connectivity index (χ4n) is 3.73. The van der Waals surface area contributed by atoms with E-state index < -0.39 is 11.7 Å². The number of nitrogens with one attached hydrogen (secondary N) is 1. The van der Waals surface area contributed by atoms with Gasteiger partial charge in [0.05, 0.1) is 11.3 Å². The van der Waals surface area contributed by atoms with Gasteiger partial charge in [-0.25, -0.2) is 0 Å². The first-order valence-electron chi connectivity index (χ1n) is 9.69. The van der Waals surface area contributed by atoms with Crippen molar-refractivity contribution in [2.75, 3.05) is 13.1 Å². The summed E-state index contributed by atoms with van der Waals surface area (Å²) in [5, 5.41) is 7.41. The van der Waals surface area contributed by atoms with E-state index in [0.29, 0.717) is 24.6 Å². The average Bonchev–Trinajstić information content (AvgIpc) is 3.06. The molecule has 7 heteroatoms. The molecular weight excluding hydrogens is 367 g/mol. The summed E-state index contributed by atoms with van der Waals surface area (Å²) in [6, 6.07) is 6.61. The largest absolute Gasteiger partial charge is 0.416 e. The van der Waals surface area contributed by atoms with Gasteiger partial charge in [-0.2, -0.15) is 18.3 Å². The van der Waals surface area contributed by atoms with Crippen molar-refractivity contribution in [1.29, 1.82) is 0 Å². The molecule has 1 fully saturated rings. The fraction of sp³-hybridized carbons (Fsp3) is 0.524. The molecule has 28 heavy (non-hydrogen) atoms. The molecule has 0 unspecified atom stereocenters. The first-order chi connectivity index (χ1) is 13.2. The highest BCUT2D eigenvalue weighted by Crippen LogP contribution is 2.30. The van der Waals surface area contributed by atoms with Crippen LogP contribution in [0.15, 0.2) is 30.3 Å². The highest BCUT2D eigenvalue weighted by molar-refractivity contribution is 5.98. The Balaban J connectivity index is 1.61. The van der Waals surface area contributed by atoms with Gasteiger partial charge in [0, 0.05) is 30.3 Å². The summed E-state index contributed by atoms with van der Waals surface area (Å²) in [6.07, 6.45) is -1.81. The van der Waals surface area contributed by atoms with Crippen molar-refractivity contribution < 1.29 is 18.0 Å². The molecular formula is C21H26F3N3O. The molecule has 1 atom stereocenters. The molecule has 2 heterocycles. The molecule has 1 aromatic carbocycles. The van der Waals surface area contributed by atoms with Crippen molar-refractivity contribution in [2.24, 2.45) is 11.8 Å². The maximum Gasteiger partial charge on any atom is 0.416 e. The van der Waals surface area contributed by atoms with Gasteiger partial charge in [0.25, 0.3) is 0 Å². The zero-order valence-electron chi connectivity index (χ0n) is 16.2. The van der Waals surface area contributed by atoms with E-state index in [4.69, 9.17) is 0 Å². The standard InChI is InChI=1S/C21H26F3N3O/c1-14(2)10-18-11-19(26-25-18)13-27-9-3-4-16(12-27)20(28)15-5-7-17(8-6-15)21(22,23)24/h5-8,11,14,16H,3-4,9-10,12-13H2,1-2H3,(H,25,26)/t16-/m0/s1. The van der Waals surface area contributed by atoms with Crippen molar-refractivity contribution in [3.63, 3.8) is 0 Å². The van der Waals surface area contributed by atoms with Crippen LogP contribution in [0.1, 0.15) is 54.0 Å². The molecule has 0 amide bonds. The van der Waals surface area contributed by atoms with Crippen molar-refractivity contribution in [3.05, 3.63) is 52.8 Å². The van der Waals surface area contributed by atoms with Gasteiger partial charge in [0.2, 0.25) is 0 Å². The number of rotatable bonds is 6. The van der Waals surface area contributed by atoms with Crippen LogP contribution < -0.4 is 0 Å². The molecule has 0 radical (unpaired) electrons. The molecule has 1 aliphatic rings. The lowest BCUT2D eigenvalue weighted by atomic mass is 9.89. The van der Waals surface area contributed by atoms with E-state index in [1.54, 1.807) is 0 Å². The van der Waals surface area contributed by atoms with Crippen LogP contribution in [0.4, 0.5) is 13.2 Å². The number of aromatic nitrogens is 2. The zero-order valence-corrected chi connectivity index (χ0v) is 16.2. The maximum atomic E-state index is 12.8. The Kier molecular flexibility index (Phi) is 6.23. The number of carbonyl (C=O) groups is 1. The van der Waals surface area contributed by atoms with Crippen molar-refractivity contribution in [3.8, 4) is 0 Å². The van der Waals surface area contributed by atoms with Gasteiger partial charge < -0.3 is 0 Å². The van der Waals surface area contributed by atoms with Gasteiger partial charge >= 0.3 is 6.18 Å². The molecule has 1 N–H and O–H groups in total. The third-order valence-electron chi connectivity index (χ3n) is 5.07. The fourth-order valence-corrected chi connectivity index (χ4v) is 3.73. The number of nitrogens with zero attached hydrogens (tertiary/aromatic N) is 2. The molecule has 3 rings (SSSR count). The van der Waals surface area contributed by atoms with Crippen molar-refractivity contribution in [1.82, 2.24) is 15.1 Å². The number of likely N-dealkylation sites (tertiary alicyclic amines) is 1. The van der Waals surface area contributed by atoms with Gasteiger partial charge in [-0.05, 0) is 49.9 Å². The Morgan fingerprint density at radius 3 is 2.64 bits per heavy atom. The number of aromatic amines is 1. The molecule has 0 spiro atoms. The number of carbonyl (C=O) groups excluding carboxylic acids is 1. The lowest BCUT2D eigenvalue weighted by Gasteiger charge is -2.31. The van der Waals surface area contributed by atoms with Crippen LogP contribution in [-0.4, -0.2) is 34.0 Å². The summed E-state index contributed by atoms with van der Waals surface area (Å²) in [4.78, 5) is 15.0. The predicted molar refractivity (Wildman–Crippen MR) is 101 cm³/mol. The molecule has 1 aliphatic heterocycles. The molecule has 0 bridgehead atoms. The monoisotopic (exact) mass is 393 g/mol. The molecule has 2 aromatic rings. The molecule has 1 saturated heterocycles. The van der Waals surface area contributed by atoms with Crippen molar-refractivity contribution >= 4 is 5.78 Å². The number of hydrogen-bond donors (Lipinski definition) is 1. The van der Waals surface area contributed by atoms with Gasteiger partial charge in [-0.15, -0.1) is 0 Å². The number of piperidine rings is 1. The first kappa shape index (κ1) is 20.6. The van der Waals surface area contributed by atoms with E-state index in [1.807, 2.05) is 0 Å². The first-order valence-corrected chi connectivity index (χ1v) is 9.69. The minimum atomic E-state index is -4.39. The SMILES string of the molecule is CC(C)Cc1cc(CN2CCC[C@H](C(=O)c3ccc(C(F)(F)F)cc3)C2)[nH]n1. The van der Waals surface area contributed by atoms with Gasteiger partial charge in [0.15, 0.2) is 5.78 Å². The Morgan fingerprint density at radius 2 is 2.00 bits per heavy atom. The molecule has 4 nitrogen and oxygen atoms in total. The third-order valence-corrected chi connectivity index (χ3v) is 5.07. The van der Waals surface area contributed by atoms with Crippen LogP contribution in [0.25, 0.3) is 0 Å². The van der Waals surface area contributed by atoms with E-state index in [2.05, 4.69) is 35.0 Å². The number of alkyl halides is 3. The van der Waals surface area contributed by atoms with Crippen LogP contribution in [0.5, 0.6) is 0 Å². The Hall–Kier alpha value is -2.15. The maximum absolute atomic E-state index is 12.8. The summed E-state index contributed by atoms with van der Waals surface area (Å²) in [5.74, 6) is 0.268. The zero-order chi connectivity index (χ0) is 20.3. The minimum Gasteiger partial charge on any atom is -0.297 e. The second-order valence-corrected chi connectivity index (χ2v) is 8.00. The summed E-state index contributed by atoms with van der Waals surface area (Å²) < 4.78 is 38.1. The number of Topliss-reactive ketones (excluding diaryl/α,β-unsaturated/α-hetero) is 1. The molecule has 152 valence electrons. The van der Waals surface area contributed by atoms with Gasteiger partial charge in [0.1, 0.15) is 0 Å². The Labute approximate surface area is 163 Å². The average molecular weight is 393 g/mol. The van der Waals surface area contributed by atoms with Crippen LogP contribution >= 0.6 is 0 Å².